The Balaban J connectivity index is 1.93. The molecular weight excluding hydrogens is 484 g/mol. The van der Waals surface area contributed by atoms with E-state index in [0.717, 1.165) is 23.0 Å². The van der Waals surface area contributed by atoms with Gasteiger partial charge >= 0.3 is 0 Å². The number of carbonyl (C=O) groups is 2. The van der Waals surface area contributed by atoms with Crippen molar-refractivity contribution in [2.24, 2.45) is 7.05 Å². The zero-order valence-corrected chi connectivity index (χ0v) is 20.8. The predicted molar refractivity (Wildman–Crippen MR) is 131 cm³/mol. The number of nitriles is 1. The van der Waals surface area contributed by atoms with Gasteiger partial charge in [0, 0.05) is 36.0 Å². The molecule has 0 saturated heterocycles. The summed E-state index contributed by atoms with van der Waals surface area (Å²) in [7, 11) is 7.44. The van der Waals surface area contributed by atoms with Gasteiger partial charge in [0.05, 0.1) is 16.8 Å². The highest BCUT2D eigenvalue weighted by Crippen LogP contribution is 2.29. The molecule has 2 aromatic carbocycles. The summed E-state index contributed by atoms with van der Waals surface area (Å²) in [6, 6.07) is 14.8. The number of likely N-dealkylation sites (N-methyl/N-ethyl adjacent to an activating group) is 1. The molecule has 0 aliphatic rings. The van der Waals surface area contributed by atoms with E-state index in [1.807, 2.05) is 54.9 Å². The highest BCUT2D eigenvalue weighted by atomic mass is 79.9. The molecule has 7 nitrogen and oxygen atoms in total. The van der Waals surface area contributed by atoms with Gasteiger partial charge in [-0.2, -0.15) is 5.26 Å². The Morgan fingerprint density at radius 1 is 1.12 bits per heavy atom. The summed E-state index contributed by atoms with van der Waals surface area (Å²) in [5.41, 5.74) is 2.14. The molecule has 1 aromatic heterocycles. The minimum atomic E-state index is -0.561. The summed E-state index contributed by atoms with van der Waals surface area (Å²) in [5.74, 6) is -0.696. The van der Waals surface area contributed by atoms with Gasteiger partial charge < -0.3 is 19.1 Å². The summed E-state index contributed by atoms with van der Waals surface area (Å²) in [6.45, 7) is 1.36. The van der Waals surface area contributed by atoms with Crippen LogP contribution in [0.3, 0.4) is 0 Å². The smallest absolute Gasteiger partial charge is 0.294 e. The third kappa shape index (κ3) is 5.44. The third-order valence-electron chi connectivity index (χ3n) is 5.52. The lowest BCUT2D eigenvalue weighted by molar-refractivity contribution is -0.125. The van der Waals surface area contributed by atoms with Crippen molar-refractivity contribution in [2.45, 2.75) is 13.0 Å². The number of ether oxygens (including phenoxy) is 1. The topological polar surface area (TPSA) is 78.6 Å². The van der Waals surface area contributed by atoms with Crippen LogP contribution >= 0.6 is 15.9 Å². The van der Waals surface area contributed by atoms with E-state index < -0.39 is 11.7 Å². The van der Waals surface area contributed by atoms with E-state index in [9.17, 15) is 14.9 Å². The molecule has 3 rings (SSSR count). The van der Waals surface area contributed by atoms with Crippen LogP contribution in [-0.4, -0.2) is 60.3 Å². The third-order valence-corrected chi connectivity index (χ3v) is 6.01. The normalized spacial score (nSPS) is 10.9. The van der Waals surface area contributed by atoms with E-state index in [-0.39, 0.29) is 6.61 Å². The van der Waals surface area contributed by atoms with Crippen molar-refractivity contribution in [3.63, 3.8) is 0 Å². The average Bonchev–Trinajstić information content (AvgIpc) is 3.08. The number of hydrogen-bond acceptors (Lipinski definition) is 5. The molecule has 0 N–H and O–H groups in total. The van der Waals surface area contributed by atoms with E-state index >= 15 is 0 Å². The Labute approximate surface area is 202 Å². The van der Waals surface area contributed by atoms with Crippen LogP contribution in [0.4, 0.5) is 0 Å². The van der Waals surface area contributed by atoms with Crippen molar-refractivity contribution in [1.82, 2.24) is 14.4 Å². The maximum atomic E-state index is 13.4. The molecule has 0 bridgehead atoms. The van der Waals surface area contributed by atoms with Crippen molar-refractivity contribution >= 4 is 38.5 Å². The summed E-state index contributed by atoms with van der Waals surface area (Å²) in [6.07, 6.45) is 0.772. The molecular formula is C25H27BrN4O3. The first kappa shape index (κ1) is 24.5. The number of nitrogens with zero attached hydrogens (tertiary/aromatic N) is 4. The van der Waals surface area contributed by atoms with Crippen LogP contribution in [0.1, 0.15) is 28.0 Å². The van der Waals surface area contributed by atoms with Gasteiger partial charge in [0.2, 0.25) is 0 Å². The number of amides is 1. The minimum absolute atomic E-state index is 0.0419. The summed E-state index contributed by atoms with van der Waals surface area (Å²) < 4.78 is 8.60. The zero-order chi connectivity index (χ0) is 24.1. The Morgan fingerprint density at radius 2 is 1.85 bits per heavy atom. The molecule has 3 aromatic rings. The molecule has 172 valence electrons. The number of rotatable bonds is 9. The van der Waals surface area contributed by atoms with Crippen LogP contribution in [-0.2, 0) is 18.4 Å². The second-order valence-electron chi connectivity index (χ2n) is 8.15. The fourth-order valence-electron chi connectivity index (χ4n) is 3.74. The van der Waals surface area contributed by atoms with Crippen LogP contribution in [0.15, 0.2) is 46.9 Å². The number of benzene rings is 2. The Hall–Kier alpha value is -3.15. The lowest BCUT2D eigenvalue weighted by Gasteiger charge is -2.18. The van der Waals surface area contributed by atoms with Gasteiger partial charge in [-0.25, -0.2) is 0 Å². The molecule has 0 aliphatic carbocycles. The van der Waals surface area contributed by atoms with Gasteiger partial charge in [-0.15, -0.1) is 0 Å². The number of fused-ring (bicyclic) bond motifs is 1. The van der Waals surface area contributed by atoms with Gasteiger partial charge in [0.25, 0.3) is 11.7 Å². The lowest BCUT2D eigenvalue weighted by Crippen LogP contribution is -2.35. The monoisotopic (exact) mass is 510 g/mol. The lowest BCUT2D eigenvalue weighted by atomic mass is 10.1. The fraction of sp³-hybridized carbons (Fsp3) is 0.320. The molecule has 0 saturated carbocycles. The second kappa shape index (κ2) is 10.6. The van der Waals surface area contributed by atoms with E-state index in [2.05, 4.69) is 22.0 Å². The zero-order valence-electron chi connectivity index (χ0n) is 19.3. The van der Waals surface area contributed by atoms with Crippen LogP contribution in [0.25, 0.3) is 10.9 Å². The van der Waals surface area contributed by atoms with Crippen molar-refractivity contribution in [3.8, 4) is 11.8 Å². The number of hydrogen-bond donors (Lipinski definition) is 0. The molecule has 1 heterocycles. The van der Waals surface area contributed by atoms with Gasteiger partial charge in [0.15, 0.2) is 0 Å². The number of aromatic nitrogens is 1. The maximum absolute atomic E-state index is 13.4. The summed E-state index contributed by atoms with van der Waals surface area (Å²) in [5, 5.41) is 10.1. The molecule has 0 spiro atoms. The number of carbonyl (C=O) groups excluding carboxylic acids is 2. The fourth-order valence-corrected chi connectivity index (χ4v) is 4.10. The van der Waals surface area contributed by atoms with Crippen LogP contribution in [0, 0.1) is 11.3 Å². The van der Waals surface area contributed by atoms with Crippen LogP contribution in [0.5, 0.6) is 5.75 Å². The SMILES string of the molecule is CN(C)CCCN(C)C(=O)C(=O)c1c(COc2ccc(Br)cc2C#N)n(C)c2ccccc12. The molecule has 33 heavy (non-hydrogen) atoms. The summed E-state index contributed by atoms with van der Waals surface area (Å²) in [4.78, 5) is 29.9. The summed E-state index contributed by atoms with van der Waals surface area (Å²) >= 11 is 3.35. The second-order valence-corrected chi connectivity index (χ2v) is 9.07. The van der Waals surface area contributed by atoms with E-state index in [1.54, 1.807) is 25.2 Å². The first-order valence-electron chi connectivity index (χ1n) is 10.6. The minimum Gasteiger partial charge on any atom is -0.486 e. The number of ketones is 1. The Morgan fingerprint density at radius 3 is 2.55 bits per heavy atom. The van der Waals surface area contributed by atoms with Gasteiger partial charge in [-0.1, -0.05) is 34.1 Å². The Kier molecular flexibility index (Phi) is 7.90. The van der Waals surface area contributed by atoms with E-state index in [0.29, 0.717) is 34.5 Å². The molecule has 0 fully saturated rings. The Bertz CT molecular complexity index is 1230. The van der Waals surface area contributed by atoms with Gasteiger partial charge in [-0.05, 0) is 51.3 Å². The van der Waals surface area contributed by atoms with Crippen molar-refractivity contribution in [2.75, 3.05) is 34.2 Å². The molecule has 0 aliphatic heterocycles. The van der Waals surface area contributed by atoms with Crippen molar-refractivity contribution in [1.29, 1.82) is 5.26 Å². The first-order chi connectivity index (χ1) is 15.7. The maximum Gasteiger partial charge on any atom is 0.294 e. The number of aryl methyl sites for hydroxylation is 1. The van der Waals surface area contributed by atoms with Crippen molar-refractivity contribution < 1.29 is 14.3 Å². The van der Waals surface area contributed by atoms with Gasteiger partial charge in [0.1, 0.15) is 18.4 Å². The predicted octanol–water partition coefficient (Wildman–Crippen LogP) is 3.98. The standard InChI is InChI=1S/C25H27BrN4O3/c1-28(2)12-7-13-29(3)25(32)24(31)23-19-8-5-6-9-20(19)30(4)21(23)16-33-22-11-10-18(26)14-17(22)15-27/h5-6,8-11,14H,7,12-13,16H2,1-4H3. The average molecular weight is 511 g/mol. The number of halogens is 1. The highest BCUT2D eigenvalue weighted by Gasteiger charge is 2.28. The molecule has 8 heteroatoms. The van der Waals surface area contributed by atoms with E-state index in [1.165, 1.54) is 4.90 Å². The number of Topliss-reactive ketones (excluding diaryl/α,β-unsaturated/α-hetero) is 1. The van der Waals surface area contributed by atoms with Crippen LogP contribution < -0.4 is 4.74 Å². The van der Waals surface area contributed by atoms with E-state index in [4.69, 9.17) is 4.74 Å². The molecule has 0 atom stereocenters. The first-order valence-corrected chi connectivity index (χ1v) is 11.4. The molecule has 0 radical (unpaired) electrons. The van der Waals surface area contributed by atoms with Crippen LogP contribution in [0.2, 0.25) is 0 Å². The molecule has 1 amide bonds. The molecule has 0 unspecified atom stereocenters. The quantitative estimate of drug-likeness (QED) is 0.321. The number of para-hydroxylation sites is 1. The van der Waals surface area contributed by atoms with Gasteiger partial charge in [-0.3, -0.25) is 9.59 Å². The highest BCUT2D eigenvalue weighted by molar-refractivity contribution is 9.10. The van der Waals surface area contributed by atoms with Crippen molar-refractivity contribution in [3.05, 3.63) is 63.8 Å². The largest absolute Gasteiger partial charge is 0.486 e.